The number of para-hydroxylation sites is 4. The lowest BCUT2D eigenvalue weighted by Gasteiger charge is -2.32. The minimum absolute atomic E-state index is 0.251. The number of furan rings is 2. The van der Waals surface area contributed by atoms with Gasteiger partial charge in [-0.05, 0) is 124 Å². The first-order valence-electron chi connectivity index (χ1n) is 23.2. The predicted octanol–water partition coefficient (Wildman–Crippen LogP) is 18.8. The Balaban J connectivity index is 1.27. The SMILES string of the molecule is C/C=C\C(=C/C)N(c1cc(C(C)C)c2ccc3c(N(c4ccc(C(C)C)cc4)c4cccc5c4oc4ccccc45)cc(C(C)C)c4ccc1c2c43)c1cccc2c1oc1ccccc12. The van der Waals surface area contributed by atoms with E-state index in [1.54, 1.807) is 0 Å². The van der Waals surface area contributed by atoms with Gasteiger partial charge in [-0.2, -0.15) is 0 Å². The van der Waals surface area contributed by atoms with E-state index in [1.165, 1.54) is 49.0 Å². The number of hydrogen-bond acceptors (Lipinski definition) is 4. The van der Waals surface area contributed by atoms with Crippen LogP contribution in [0.15, 0.2) is 178 Å². The Bertz CT molecular complexity index is 3670. The third-order valence-electron chi connectivity index (χ3n) is 13.6. The van der Waals surface area contributed by atoms with Crippen LogP contribution >= 0.6 is 0 Å². The van der Waals surface area contributed by atoms with E-state index in [9.17, 15) is 0 Å². The Morgan fingerprint density at radius 1 is 0.446 bits per heavy atom. The van der Waals surface area contributed by atoms with E-state index in [0.717, 1.165) is 78.0 Å². The average Bonchev–Trinajstić information content (AvgIpc) is 3.90. The lowest BCUT2D eigenvalue weighted by atomic mass is 9.84. The Labute approximate surface area is 381 Å². The first kappa shape index (κ1) is 40.5. The van der Waals surface area contributed by atoms with Gasteiger partial charge in [0.15, 0.2) is 11.2 Å². The summed E-state index contributed by atoms with van der Waals surface area (Å²) in [5, 5.41) is 12.0. The second kappa shape index (κ2) is 15.7. The molecular formula is C61H54N2O2. The normalized spacial score (nSPS) is 12.8. The van der Waals surface area contributed by atoms with E-state index in [1.807, 2.05) is 6.07 Å². The molecule has 0 bridgehead atoms. The van der Waals surface area contributed by atoms with E-state index in [0.29, 0.717) is 5.92 Å². The molecule has 65 heavy (non-hydrogen) atoms. The molecule has 0 radical (unpaired) electrons. The van der Waals surface area contributed by atoms with Crippen LogP contribution in [0.2, 0.25) is 0 Å². The van der Waals surface area contributed by atoms with Crippen LogP contribution in [0.5, 0.6) is 0 Å². The maximum absolute atomic E-state index is 6.84. The zero-order valence-corrected chi connectivity index (χ0v) is 38.5. The summed E-state index contributed by atoms with van der Waals surface area (Å²) in [5.41, 5.74) is 13.9. The van der Waals surface area contributed by atoms with Crippen LogP contribution < -0.4 is 9.80 Å². The van der Waals surface area contributed by atoms with Crippen LogP contribution in [0, 0.1) is 0 Å². The van der Waals surface area contributed by atoms with E-state index in [-0.39, 0.29) is 11.8 Å². The Hall–Kier alpha value is -7.30. The van der Waals surface area contributed by atoms with E-state index >= 15 is 0 Å². The summed E-state index contributed by atoms with van der Waals surface area (Å²) >= 11 is 0. The van der Waals surface area contributed by atoms with Crippen molar-refractivity contribution < 1.29 is 8.83 Å². The molecule has 0 spiro atoms. The van der Waals surface area contributed by atoms with Crippen LogP contribution in [-0.4, -0.2) is 0 Å². The molecule has 11 rings (SSSR count). The first-order valence-corrected chi connectivity index (χ1v) is 23.2. The fourth-order valence-corrected chi connectivity index (χ4v) is 10.4. The molecule has 0 aliphatic rings. The number of nitrogens with zero attached hydrogens (tertiary/aromatic N) is 2. The van der Waals surface area contributed by atoms with Crippen LogP contribution in [0.3, 0.4) is 0 Å². The Kier molecular flexibility index (Phi) is 9.80. The number of anilines is 5. The van der Waals surface area contributed by atoms with Gasteiger partial charge < -0.3 is 18.6 Å². The van der Waals surface area contributed by atoms with Gasteiger partial charge in [0.05, 0.1) is 22.7 Å². The van der Waals surface area contributed by atoms with Crippen LogP contribution in [0.1, 0.15) is 89.8 Å². The topological polar surface area (TPSA) is 32.8 Å². The fourth-order valence-electron chi connectivity index (χ4n) is 10.4. The van der Waals surface area contributed by atoms with Gasteiger partial charge in [-0.25, -0.2) is 0 Å². The third-order valence-corrected chi connectivity index (χ3v) is 13.6. The lowest BCUT2D eigenvalue weighted by molar-refractivity contribution is 0.668. The van der Waals surface area contributed by atoms with Gasteiger partial charge in [0.1, 0.15) is 11.2 Å². The molecule has 4 heteroatoms. The smallest absolute Gasteiger partial charge is 0.159 e. The van der Waals surface area contributed by atoms with Crippen molar-refractivity contribution in [2.75, 3.05) is 9.80 Å². The first-order chi connectivity index (χ1) is 31.7. The zero-order chi connectivity index (χ0) is 44.7. The van der Waals surface area contributed by atoms with Crippen LogP contribution in [0.25, 0.3) is 76.2 Å². The Morgan fingerprint density at radius 2 is 0.938 bits per heavy atom. The van der Waals surface area contributed by atoms with Gasteiger partial charge in [0.2, 0.25) is 0 Å². The largest absolute Gasteiger partial charge is 0.454 e. The third kappa shape index (κ3) is 6.33. The fraction of sp³-hybridized carbons (Fsp3) is 0.180. The van der Waals surface area contributed by atoms with Crippen LogP contribution in [-0.2, 0) is 0 Å². The standard InChI is InChI=1S/C61H54N2O2/c1-9-17-40(10-2)62(52-22-15-20-46-42-18-11-13-24-56(42)64-60(46)52)54-34-50(37(5)6)44-31-33-49-55(35-51(38(7)8)45-30-32-48(54)58(44)59(45)49)63(41-28-26-39(27-29-41)36(3)4)53-23-16-21-47-43-19-12-14-25-57(43)65-61(47)53/h9-38H,1-8H3/b17-9-,40-10+. The number of hydrogen-bond donors (Lipinski definition) is 0. The maximum atomic E-state index is 6.84. The highest BCUT2D eigenvalue weighted by Gasteiger charge is 2.28. The number of allylic oxidation sites excluding steroid dienone is 3. The van der Waals surface area contributed by atoms with Crippen molar-refractivity contribution in [2.24, 2.45) is 0 Å². The van der Waals surface area contributed by atoms with E-state index in [4.69, 9.17) is 8.83 Å². The Morgan fingerprint density at radius 3 is 1.48 bits per heavy atom. The van der Waals surface area contributed by atoms with E-state index < -0.39 is 0 Å². The summed E-state index contributed by atoms with van der Waals surface area (Å²) in [6.45, 7) is 18.0. The van der Waals surface area contributed by atoms with E-state index in [2.05, 4.69) is 223 Å². The molecule has 0 aliphatic heterocycles. The molecule has 0 saturated carbocycles. The number of rotatable bonds is 10. The molecule has 9 aromatic carbocycles. The van der Waals surface area contributed by atoms with Crippen molar-refractivity contribution >= 4 is 105 Å². The zero-order valence-electron chi connectivity index (χ0n) is 38.5. The van der Waals surface area contributed by atoms with Crippen molar-refractivity contribution in [3.8, 4) is 0 Å². The molecule has 4 nitrogen and oxygen atoms in total. The van der Waals surface area contributed by atoms with Crippen molar-refractivity contribution in [2.45, 2.75) is 73.1 Å². The highest BCUT2D eigenvalue weighted by molar-refractivity contribution is 6.30. The summed E-state index contributed by atoms with van der Waals surface area (Å²) in [6.07, 6.45) is 6.56. The van der Waals surface area contributed by atoms with Crippen molar-refractivity contribution in [1.29, 1.82) is 0 Å². The monoisotopic (exact) mass is 846 g/mol. The molecule has 0 aliphatic carbocycles. The molecule has 11 aromatic rings. The molecule has 0 saturated heterocycles. The summed E-state index contributed by atoms with van der Waals surface area (Å²) in [5.74, 6) is 0.918. The molecular weight excluding hydrogens is 793 g/mol. The lowest BCUT2D eigenvalue weighted by Crippen LogP contribution is -2.17. The van der Waals surface area contributed by atoms with Crippen molar-refractivity contribution in [1.82, 2.24) is 0 Å². The summed E-state index contributed by atoms with van der Waals surface area (Å²) in [7, 11) is 0. The summed E-state index contributed by atoms with van der Waals surface area (Å²) in [4.78, 5) is 4.88. The molecule has 2 heterocycles. The molecule has 0 N–H and O–H groups in total. The van der Waals surface area contributed by atoms with Gasteiger partial charge in [0, 0.05) is 43.7 Å². The number of benzene rings is 9. The minimum atomic E-state index is 0.251. The second-order valence-corrected chi connectivity index (χ2v) is 18.5. The maximum Gasteiger partial charge on any atom is 0.159 e. The molecule has 0 atom stereocenters. The van der Waals surface area contributed by atoms with Crippen molar-refractivity contribution in [3.05, 3.63) is 186 Å². The second-order valence-electron chi connectivity index (χ2n) is 18.5. The summed E-state index contributed by atoms with van der Waals surface area (Å²) < 4.78 is 13.6. The molecule has 0 amide bonds. The van der Waals surface area contributed by atoms with Gasteiger partial charge in [-0.15, -0.1) is 0 Å². The molecule has 0 unspecified atom stereocenters. The van der Waals surface area contributed by atoms with Gasteiger partial charge in [-0.3, -0.25) is 0 Å². The van der Waals surface area contributed by atoms with Gasteiger partial charge in [0.25, 0.3) is 0 Å². The predicted molar refractivity (Wildman–Crippen MR) is 279 cm³/mol. The summed E-state index contributed by atoms with van der Waals surface area (Å²) in [6, 6.07) is 53.5. The van der Waals surface area contributed by atoms with Crippen LogP contribution in [0.4, 0.5) is 28.4 Å². The molecule has 2 aromatic heterocycles. The van der Waals surface area contributed by atoms with Gasteiger partial charge in [-0.1, -0.05) is 151 Å². The van der Waals surface area contributed by atoms with Crippen molar-refractivity contribution in [3.63, 3.8) is 0 Å². The molecule has 0 fully saturated rings. The number of fused-ring (bicyclic) bond motifs is 6. The quantitative estimate of drug-likeness (QED) is 0.101. The highest BCUT2D eigenvalue weighted by Crippen LogP contribution is 2.52. The average molecular weight is 847 g/mol. The minimum Gasteiger partial charge on any atom is -0.454 e. The van der Waals surface area contributed by atoms with Gasteiger partial charge >= 0.3 is 0 Å². The molecule has 320 valence electrons. The highest BCUT2D eigenvalue weighted by atomic mass is 16.3.